The molecule has 5 rings (SSSR count). The number of nitrogens with zero attached hydrogens (tertiary/aromatic N) is 4. The second-order valence-electron chi connectivity index (χ2n) is 9.86. The van der Waals surface area contributed by atoms with Gasteiger partial charge in [0, 0.05) is 22.6 Å². The van der Waals surface area contributed by atoms with Gasteiger partial charge in [0.05, 0.1) is 29.3 Å². The summed E-state index contributed by atoms with van der Waals surface area (Å²) in [4.78, 5) is 35.0. The van der Waals surface area contributed by atoms with Gasteiger partial charge < -0.3 is 15.0 Å². The average Bonchev–Trinajstić information content (AvgIpc) is 3.33. The number of carbonyl (C=O) groups is 2. The summed E-state index contributed by atoms with van der Waals surface area (Å²) < 4.78 is 7.05. The van der Waals surface area contributed by atoms with Crippen LogP contribution in [-0.2, 0) is 4.79 Å². The normalized spacial score (nSPS) is 18.8. The monoisotopic (exact) mass is 619 g/mol. The molecule has 1 saturated heterocycles. The zero-order valence-electron chi connectivity index (χ0n) is 22.0. The van der Waals surface area contributed by atoms with E-state index in [4.69, 9.17) is 21.3 Å². The molecule has 3 amide bonds. The SMILES string of the molecule is CC(C)Oc1cc(C#N)ccc1C1=NC(c2ccc(Br)cc2)C(c2cccc(Cl)c2)N1C(=O)N1CCNC(=O)C1. The van der Waals surface area contributed by atoms with E-state index in [2.05, 4.69) is 27.3 Å². The van der Waals surface area contributed by atoms with Crippen molar-refractivity contribution in [3.8, 4) is 11.8 Å². The third kappa shape index (κ3) is 5.69. The van der Waals surface area contributed by atoms with Crippen molar-refractivity contribution in [2.24, 2.45) is 4.99 Å². The Morgan fingerprint density at radius 3 is 2.60 bits per heavy atom. The molecule has 0 aromatic heterocycles. The standard InChI is InChI=1S/C30H27BrClN5O3/c1-18(2)40-25-14-19(16-33)6-11-24(25)29-35-27(20-7-9-22(31)10-8-20)28(21-4-3-5-23(32)15-21)37(29)30(39)36-13-12-34-26(38)17-36/h3-11,14-15,18,27-28H,12-13,17H2,1-2H3,(H,34,38). The lowest BCUT2D eigenvalue weighted by Crippen LogP contribution is -2.55. The van der Waals surface area contributed by atoms with Crippen LogP contribution in [0.15, 0.2) is 76.2 Å². The first-order valence-corrected chi connectivity index (χ1v) is 14.1. The minimum Gasteiger partial charge on any atom is -0.490 e. The Balaban J connectivity index is 1.72. The molecular weight excluding hydrogens is 594 g/mol. The first kappa shape index (κ1) is 27.7. The van der Waals surface area contributed by atoms with E-state index in [-0.39, 0.29) is 24.6 Å². The van der Waals surface area contributed by atoms with Crippen LogP contribution in [0.25, 0.3) is 0 Å². The Morgan fingerprint density at radius 2 is 1.93 bits per heavy atom. The lowest BCUT2D eigenvalue weighted by atomic mass is 9.93. The van der Waals surface area contributed by atoms with Crippen LogP contribution < -0.4 is 10.1 Å². The van der Waals surface area contributed by atoms with Crippen molar-refractivity contribution < 1.29 is 14.3 Å². The topological polar surface area (TPSA) is 98.0 Å². The van der Waals surface area contributed by atoms with E-state index >= 15 is 0 Å². The smallest absolute Gasteiger partial charge is 0.326 e. The van der Waals surface area contributed by atoms with Gasteiger partial charge in [-0.05, 0) is 67.4 Å². The van der Waals surface area contributed by atoms with Crippen molar-refractivity contribution in [2.75, 3.05) is 19.6 Å². The lowest BCUT2D eigenvalue weighted by Gasteiger charge is -2.36. The Bertz CT molecular complexity index is 1520. The molecule has 3 aromatic rings. The maximum Gasteiger partial charge on any atom is 0.326 e. The van der Waals surface area contributed by atoms with Crippen LogP contribution in [0.3, 0.4) is 0 Å². The van der Waals surface area contributed by atoms with Crippen LogP contribution in [0.5, 0.6) is 5.75 Å². The molecule has 40 heavy (non-hydrogen) atoms. The molecule has 2 unspecified atom stereocenters. The number of carbonyl (C=O) groups excluding carboxylic acids is 2. The Kier molecular flexibility index (Phi) is 8.10. The van der Waals surface area contributed by atoms with Gasteiger partial charge in [-0.3, -0.25) is 14.7 Å². The van der Waals surface area contributed by atoms with Crippen molar-refractivity contribution in [1.82, 2.24) is 15.1 Å². The van der Waals surface area contributed by atoms with Crippen LogP contribution in [-0.4, -0.2) is 53.3 Å². The summed E-state index contributed by atoms with van der Waals surface area (Å²) in [5.74, 6) is 0.626. The van der Waals surface area contributed by atoms with Gasteiger partial charge in [0.25, 0.3) is 0 Å². The predicted octanol–water partition coefficient (Wildman–Crippen LogP) is 5.86. The molecule has 8 nitrogen and oxygen atoms in total. The highest BCUT2D eigenvalue weighted by Gasteiger charge is 2.45. The number of amidine groups is 1. The minimum absolute atomic E-state index is 0.0590. The van der Waals surface area contributed by atoms with Crippen molar-refractivity contribution in [1.29, 1.82) is 5.26 Å². The number of hydrogen-bond acceptors (Lipinski definition) is 5. The fourth-order valence-corrected chi connectivity index (χ4v) is 5.43. The van der Waals surface area contributed by atoms with Gasteiger partial charge in [-0.2, -0.15) is 5.26 Å². The molecule has 0 saturated carbocycles. The van der Waals surface area contributed by atoms with Crippen LogP contribution in [0.1, 0.15) is 48.2 Å². The number of rotatable bonds is 5. The summed E-state index contributed by atoms with van der Waals surface area (Å²) in [6.07, 6.45) is -0.185. The summed E-state index contributed by atoms with van der Waals surface area (Å²) in [7, 11) is 0. The largest absolute Gasteiger partial charge is 0.490 e. The minimum atomic E-state index is -0.560. The third-order valence-corrected chi connectivity index (χ3v) is 7.46. The molecule has 2 aliphatic rings. The molecule has 1 N–H and O–H groups in total. The molecule has 2 aliphatic heterocycles. The van der Waals surface area contributed by atoms with Gasteiger partial charge >= 0.3 is 6.03 Å². The molecule has 3 aromatic carbocycles. The van der Waals surface area contributed by atoms with E-state index in [1.807, 2.05) is 56.3 Å². The van der Waals surface area contributed by atoms with E-state index in [0.717, 1.165) is 15.6 Å². The Hall–Kier alpha value is -3.87. The number of benzene rings is 3. The number of amides is 3. The van der Waals surface area contributed by atoms with E-state index in [1.165, 1.54) is 4.90 Å². The fourth-order valence-electron chi connectivity index (χ4n) is 4.97. The van der Waals surface area contributed by atoms with E-state index in [0.29, 0.717) is 40.8 Å². The molecule has 0 bridgehead atoms. The maximum atomic E-state index is 14.3. The van der Waals surface area contributed by atoms with Crippen molar-refractivity contribution in [2.45, 2.75) is 32.0 Å². The second kappa shape index (κ2) is 11.7. The number of piperazine rings is 1. The molecule has 0 aliphatic carbocycles. The molecule has 2 atom stereocenters. The highest BCUT2D eigenvalue weighted by molar-refractivity contribution is 9.10. The molecule has 10 heteroatoms. The first-order chi connectivity index (χ1) is 19.2. The average molecular weight is 621 g/mol. The summed E-state index contributed by atoms with van der Waals surface area (Å²) in [6, 6.07) is 21.1. The van der Waals surface area contributed by atoms with Crippen molar-refractivity contribution in [3.05, 3.63) is 98.5 Å². The van der Waals surface area contributed by atoms with Crippen LogP contribution in [0.4, 0.5) is 4.79 Å². The van der Waals surface area contributed by atoms with Gasteiger partial charge in [0.15, 0.2) is 0 Å². The van der Waals surface area contributed by atoms with Gasteiger partial charge in [-0.1, -0.05) is 51.8 Å². The molecule has 0 spiro atoms. The van der Waals surface area contributed by atoms with Gasteiger partial charge in [0.1, 0.15) is 24.2 Å². The number of hydrogen-bond donors (Lipinski definition) is 1. The number of aliphatic imine (C=N–C) groups is 1. The fraction of sp³-hybridized carbons (Fsp3) is 0.267. The van der Waals surface area contributed by atoms with Crippen molar-refractivity contribution in [3.63, 3.8) is 0 Å². The summed E-state index contributed by atoms with van der Waals surface area (Å²) in [5.41, 5.74) is 2.71. The zero-order chi connectivity index (χ0) is 28.4. The third-order valence-electron chi connectivity index (χ3n) is 6.70. The van der Waals surface area contributed by atoms with Crippen LogP contribution in [0, 0.1) is 11.3 Å². The molecule has 0 radical (unpaired) electrons. The maximum absolute atomic E-state index is 14.3. The quantitative estimate of drug-likeness (QED) is 0.387. The highest BCUT2D eigenvalue weighted by atomic mass is 79.9. The number of nitriles is 1. The zero-order valence-corrected chi connectivity index (χ0v) is 24.3. The van der Waals surface area contributed by atoms with E-state index < -0.39 is 12.1 Å². The summed E-state index contributed by atoms with van der Waals surface area (Å²) >= 11 is 9.95. The number of ether oxygens (including phenoxy) is 1. The lowest BCUT2D eigenvalue weighted by molar-refractivity contribution is -0.123. The second-order valence-corrected chi connectivity index (χ2v) is 11.2. The van der Waals surface area contributed by atoms with Crippen molar-refractivity contribution >= 4 is 45.3 Å². The summed E-state index contributed by atoms with van der Waals surface area (Å²) in [6.45, 7) is 4.46. The number of urea groups is 1. The Morgan fingerprint density at radius 1 is 1.15 bits per heavy atom. The van der Waals surface area contributed by atoms with E-state index in [1.54, 1.807) is 29.2 Å². The highest BCUT2D eigenvalue weighted by Crippen LogP contribution is 2.45. The molecular formula is C30H27BrClN5O3. The van der Waals surface area contributed by atoms with Gasteiger partial charge in [-0.25, -0.2) is 4.79 Å². The van der Waals surface area contributed by atoms with Crippen LogP contribution in [0.2, 0.25) is 5.02 Å². The number of nitrogens with one attached hydrogen (secondary N) is 1. The van der Waals surface area contributed by atoms with Gasteiger partial charge in [-0.15, -0.1) is 0 Å². The summed E-state index contributed by atoms with van der Waals surface area (Å²) in [5, 5.41) is 12.9. The Labute approximate surface area is 246 Å². The predicted molar refractivity (Wildman–Crippen MR) is 156 cm³/mol. The molecule has 204 valence electrons. The number of halogens is 2. The van der Waals surface area contributed by atoms with Crippen LogP contribution >= 0.6 is 27.5 Å². The molecule has 2 heterocycles. The first-order valence-electron chi connectivity index (χ1n) is 12.9. The van der Waals surface area contributed by atoms with Gasteiger partial charge in [0.2, 0.25) is 5.91 Å². The van der Waals surface area contributed by atoms with E-state index in [9.17, 15) is 14.9 Å². The molecule has 1 fully saturated rings.